The van der Waals surface area contributed by atoms with Crippen LogP contribution in [0.5, 0.6) is 0 Å². The molecule has 1 saturated carbocycles. The molecule has 1 aromatic rings. The predicted octanol–water partition coefficient (Wildman–Crippen LogP) is 2.30. The van der Waals surface area contributed by atoms with Crippen LogP contribution in [0.2, 0.25) is 0 Å². The molecule has 6 heteroatoms. The van der Waals surface area contributed by atoms with Crippen molar-refractivity contribution in [3.8, 4) is 0 Å². The third-order valence-electron chi connectivity index (χ3n) is 6.99. The van der Waals surface area contributed by atoms with E-state index < -0.39 is 11.9 Å². The Labute approximate surface area is 167 Å². The third kappa shape index (κ3) is 3.94. The third-order valence-corrected chi connectivity index (χ3v) is 6.99. The van der Waals surface area contributed by atoms with Gasteiger partial charge >= 0.3 is 5.97 Å². The van der Waals surface area contributed by atoms with Crippen molar-refractivity contribution in [3.05, 3.63) is 35.9 Å². The van der Waals surface area contributed by atoms with Crippen molar-refractivity contribution in [1.82, 2.24) is 9.80 Å². The highest BCUT2D eigenvalue weighted by Crippen LogP contribution is 2.37. The number of hydrogen-bond acceptors (Lipinski definition) is 5. The molecule has 4 rings (SSSR count). The van der Waals surface area contributed by atoms with Crippen LogP contribution in [0.4, 0.5) is 0 Å². The number of nitrogens with two attached hydrogens (primary N) is 1. The molecule has 0 aromatic heterocycles. The molecule has 6 nitrogen and oxygen atoms in total. The number of benzene rings is 1. The first-order valence-corrected chi connectivity index (χ1v) is 10.7. The summed E-state index contributed by atoms with van der Waals surface area (Å²) in [6.45, 7) is 3.69. The maximum Gasteiger partial charge on any atom is 0.328 e. The largest absolute Gasteiger partial charge is 0.373 e. The van der Waals surface area contributed by atoms with Crippen LogP contribution in [0.3, 0.4) is 0 Å². The summed E-state index contributed by atoms with van der Waals surface area (Å²) in [5, 5.41) is 0. The first-order valence-electron chi connectivity index (χ1n) is 10.7. The van der Waals surface area contributed by atoms with Crippen LogP contribution < -0.4 is 5.90 Å². The summed E-state index contributed by atoms with van der Waals surface area (Å²) in [5.41, 5.74) is 1.29. The zero-order valence-corrected chi connectivity index (χ0v) is 16.5. The van der Waals surface area contributed by atoms with Gasteiger partial charge in [0.05, 0.1) is 11.8 Å². The number of likely N-dealkylation sites (tertiary alicyclic amines) is 2. The van der Waals surface area contributed by atoms with E-state index in [9.17, 15) is 9.59 Å². The second kappa shape index (κ2) is 8.62. The second-order valence-corrected chi connectivity index (χ2v) is 8.54. The average molecular weight is 386 g/mol. The van der Waals surface area contributed by atoms with Crippen molar-refractivity contribution < 1.29 is 14.4 Å². The molecule has 2 heterocycles. The number of carbonyl (C=O) groups is 2. The van der Waals surface area contributed by atoms with Gasteiger partial charge in [-0.25, -0.2) is 0 Å². The van der Waals surface area contributed by atoms with E-state index in [1.165, 1.54) is 18.4 Å². The van der Waals surface area contributed by atoms with Gasteiger partial charge in [0, 0.05) is 25.0 Å². The van der Waals surface area contributed by atoms with Gasteiger partial charge in [-0.15, -0.1) is 0 Å². The van der Waals surface area contributed by atoms with Crippen molar-refractivity contribution >= 4 is 11.9 Å². The van der Waals surface area contributed by atoms with E-state index in [-0.39, 0.29) is 11.8 Å². The van der Waals surface area contributed by atoms with E-state index in [1.807, 2.05) is 23.1 Å². The Balaban J connectivity index is 1.43. The number of carbonyl (C=O) groups excluding carboxylic acids is 2. The van der Waals surface area contributed by atoms with Crippen LogP contribution in [0.15, 0.2) is 30.3 Å². The number of hydrogen-bond donors (Lipinski definition) is 1. The van der Waals surface area contributed by atoms with Crippen molar-refractivity contribution in [2.75, 3.05) is 26.2 Å². The molecule has 1 aliphatic carbocycles. The summed E-state index contributed by atoms with van der Waals surface area (Å²) in [6.07, 6.45) is 5.82. The molecule has 152 valence electrons. The van der Waals surface area contributed by atoms with Gasteiger partial charge in [-0.2, -0.15) is 5.90 Å². The highest BCUT2D eigenvalue weighted by molar-refractivity contribution is 5.86. The lowest BCUT2D eigenvalue weighted by atomic mass is 9.75. The van der Waals surface area contributed by atoms with Crippen LogP contribution in [0.1, 0.15) is 50.0 Å². The van der Waals surface area contributed by atoms with Crippen molar-refractivity contribution in [3.63, 3.8) is 0 Å². The molecule has 4 unspecified atom stereocenters. The molecule has 1 amide bonds. The van der Waals surface area contributed by atoms with Crippen LogP contribution >= 0.6 is 0 Å². The molecule has 4 atom stereocenters. The highest BCUT2D eigenvalue weighted by Gasteiger charge is 2.44. The molecule has 0 spiro atoms. The summed E-state index contributed by atoms with van der Waals surface area (Å²) < 4.78 is 0. The van der Waals surface area contributed by atoms with Crippen LogP contribution in [-0.2, 0) is 14.4 Å². The molecular weight excluding hydrogens is 354 g/mol. The molecule has 2 N–H and O–H groups in total. The minimum atomic E-state index is -0.430. The van der Waals surface area contributed by atoms with Crippen LogP contribution in [0.25, 0.3) is 0 Å². The Hall–Kier alpha value is -1.92. The van der Waals surface area contributed by atoms with Gasteiger partial charge in [0.15, 0.2) is 0 Å². The number of rotatable bonds is 4. The normalized spacial score (nSPS) is 31.1. The second-order valence-electron chi connectivity index (χ2n) is 8.54. The van der Waals surface area contributed by atoms with E-state index in [0.29, 0.717) is 18.4 Å². The molecule has 1 aromatic carbocycles. The van der Waals surface area contributed by atoms with Gasteiger partial charge < -0.3 is 14.6 Å². The first-order chi connectivity index (χ1) is 13.7. The maximum absolute atomic E-state index is 13.3. The standard InChI is InChI=1S/C22H31N3O3/c23-28-22(27)20-14-18(24-11-4-5-12-24)8-9-19(20)21(26)25-13-10-17(15-25)16-6-2-1-3-7-16/h1-3,6-7,17-20H,4-5,8-15,23H2. The van der Waals surface area contributed by atoms with Crippen molar-refractivity contribution in [1.29, 1.82) is 0 Å². The summed E-state index contributed by atoms with van der Waals surface area (Å²) in [4.78, 5) is 34.7. The Morgan fingerprint density at radius 3 is 2.43 bits per heavy atom. The van der Waals surface area contributed by atoms with Gasteiger partial charge in [-0.3, -0.25) is 9.59 Å². The minimum absolute atomic E-state index is 0.105. The van der Waals surface area contributed by atoms with E-state index in [0.717, 1.165) is 45.4 Å². The highest BCUT2D eigenvalue weighted by atomic mass is 16.7. The lowest BCUT2D eigenvalue weighted by Gasteiger charge is -2.39. The molecule has 3 fully saturated rings. The average Bonchev–Trinajstić information content (AvgIpc) is 3.45. The van der Waals surface area contributed by atoms with Gasteiger partial charge in [0.25, 0.3) is 0 Å². The fourth-order valence-electron chi connectivity index (χ4n) is 5.42. The Morgan fingerprint density at radius 2 is 1.71 bits per heavy atom. The van der Waals surface area contributed by atoms with E-state index in [2.05, 4.69) is 21.9 Å². The number of amides is 1. The topological polar surface area (TPSA) is 75.9 Å². The lowest BCUT2D eigenvalue weighted by Crippen LogP contribution is -2.48. The quantitative estimate of drug-likeness (QED) is 0.805. The Bertz CT molecular complexity index is 690. The van der Waals surface area contributed by atoms with Crippen LogP contribution in [0, 0.1) is 11.8 Å². The van der Waals surface area contributed by atoms with Gasteiger partial charge in [0.2, 0.25) is 5.91 Å². The molecule has 3 aliphatic rings. The molecule has 2 aliphatic heterocycles. The van der Waals surface area contributed by atoms with Gasteiger partial charge in [0.1, 0.15) is 0 Å². The summed E-state index contributed by atoms with van der Waals surface area (Å²) >= 11 is 0. The van der Waals surface area contributed by atoms with Crippen LogP contribution in [-0.4, -0.2) is 53.9 Å². The molecule has 28 heavy (non-hydrogen) atoms. The minimum Gasteiger partial charge on any atom is -0.373 e. The monoisotopic (exact) mass is 385 g/mol. The summed E-state index contributed by atoms with van der Waals surface area (Å²) in [5.74, 6) is 4.56. The van der Waals surface area contributed by atoms with Gasteiger partial charge in [-0.1, -0.05) is 30.3 Å². The molecule has 0 bridgehead atoms. The summed E-state index contributed by atoms with van der Waals surface area (Å²) in [7, 11) is 0. The van der Waals surface area contributed by atoms with E-state index in [4.69, 9.17) is 5.90 Å². The fourth-order valence-corrected chi connectivity index (χ4v) is 5.42. The smallest absolute Gasteiger partial charge is 0.328 e. The molecule has 0 radical (unpaired) electrons. The lowest BCUT2D eigenvalue weighted by molar-refractivity contribution is -0.158. The molecular formula is C22H31N3O3. The Morgan fingerprint density at radius 1 is 0.964 bits per heavy atom. The SMILES string of the molecule is NOC(=O)C1CC(N2CCCC2)CCC1C(=O)N1CCC(c2ccccc2)C1. The predicted molar refractivity (Wildman–Crippen MR) is 106 cm³/mol. The Kier molecular flexibility index (Phi) is 5.97. The van der Waals surface area contributed by atoms with Gasteiger partial charge in [-0.05, 0) is 57.2 Å². The zero-order chi connectivity index (χ0) is 19.5. The van der Waals surface area contributed by atoms with E-state index in [1.54, 1.807) is 0 Å². The zero-order valence-electron chi connectivity index (χ0n) is 16.5. The number of nitrogens with zero attached hydrogens (tertiary/aromatic N) is 2. The fraction of sp³-hybridized carbons (Fsp3) is 0.636. The molecule has 2 saturated heterocycles. The van der Waals surface area contributed by atoms with E-state index >= 15 is 0 Å². The van der Waals surface area contributed by atoms with Crippen molar-refractivity contribution in [2.24, 2.45) is 17.7 Å². The first kappa shape index (κ1) is 19.4. The maximum atomic E-state index is 13.3. The summed E-state index contributed by atoms with van der Waals surface area (Å²) in [6, 6.07) is 10.7. The van der Waals surface area contributed by atoms with Crippen molar-refractivity contribution in [2.45, 2.75) is 50.5 Å².